The Balaban J connectivity index is 0.00000200. The lowest BCUT2D eigenvalue weighted by atomic mass is 10.2. The second-order valence-electron chi connectivity index (χ2n) is 4.39. The van der Waals surface area contributed by atoms with Gasteiger partial charge in [-0.05, 0) is 24.6 Å². The Kier molecular flexibility index (Phi) is 7.54. The van der Waals surface area contributed by atoms with Gasteiger partial charge in [-0.2, -0.15) is 0 Å². The Morgan fingerprint density at radius 1 is 1.55 bits per heavy atom. The van der Waals surface area contributed by atoms with Crippen LogP contribution in [0.3, 0.4) is 0 Å². The summed E-state index contributed by atoms with van der Waals surface area (Å²) in [5.41, 5.74) is 1.82. The van der Waals surface area contributed by atoms with Gasteiger partial charge in [0, 0.05) is 25.4 Å². The van der Waals surface area contributed by atoms with E-state index in [4.69, 9.17) is 9.47 Å². The molecule has 1 aromatic carbocycles. The Morgan fingerprint density at radius 3 is 3.10 bits per heavy atom. The van der Waals surface area contributed by atoms with Crippen LogP contribution in [0.15, 0.2) is 24.3 Å². The number of hydrogen-bond acceptors (Lipinski definition) is 4. The first-order chi connectivity index (χ1) is 9.29. The molecule has 0 radical (unpaired) electrons. The van der Waals surface area contributed by atoms with Crippen LogP contribution in [0.1, 0.15) is 12.5 Å². The normalized spacial score (nSPS) is 18.1. The molecule has 6 heteroatoms. The van der Waals surface area contributed by atoms with Gasteiger partial charge in [-0.3, -0.25) is 4.79 Å². The van der Waals surface area contributed by atoms with Gasteiger partial charge in [0.05, 0.1) is 13.2 Å². The number of amides is 1. The van der Waals surface area contributed by atoms with E-state index in [-0.39, 0.29) is 18.3 Å². The summed E-state index contributed by atoms with van der Waals surface area (Å²) in [6.07, 6.45) is -0.413. The molecule has 0 aliphatic carbocycles. The van der Waals surface area contributed by atoms with Crippen LogP contribution in [-0.4, -0.2) is 38.3 Å². The molecular weight excluding hydrogens is 280 g/mol. The van der Waals surface area contributed by atoms with Crippen LogP contribution < -0.4 is 10.6 Å². The molecule has 0 bridgehead atoms. The van der Waals surface area contributed by atoms with E-state index in [0.29, 0.717) is 26.4 Å². The standard InChI is InChI=1S/C14H20N2O3.ClH/c1-2-18-10-11-4-3-5-12(8-11)16-14(17)13-9-15-6-7-19-13;/h3-5,8,13,15H,2,6-7,9-10H2,1H3,(H,16,17);1H. The number of benzene rings is 1. The van der Waals surface area contributed by atoms with Crippen molar-refractivity contribution in [3.63, 3.8) is 0 Å². The first-order valence-electron chi connectivity index (χ1n) is 6.59. The number of rotatable bonds is 5. The minimum atomic E-state index is -0.413. The molecule has 20 heavy (non-hydrogen) atoms. The maximum atomic E-state index is 12.0. The van der Waals surface area contributed by atoms with Gasteiger partial charge in [-0.15, -0.1) is 12.4 Å². The monoisotopic (exact) mass is 300 g/mol. The van der Waals surface area contributed by atoms with Crippen LogP contribution in [0.2, 0.25) is 0 Å². The van der Waals surface area contributed by atoms with E-state index in [9.17, 15) is 4.79 Å². The van der Waals surface area contributed by atoms with Crippen LogP contribution in [0.4, 0.5) is 5.69 Å². The van der Waals surface area contributed by atoms with Crippen LogP contribution in [0.5, 0.6) is 0 Å². The maximum absolute atomic E-state index is 12.0. The molecule has 1 aromatic rings. The molecule has 1 unspecified atom stereocenters. The summed E-state index contributed by atoms with van der Waals surface area (Å²) < 4.78 is 10.8. The highest BCUT2D eigenvalue weighted by molar-refractivity contribution is 5.94. The summed E-state index contributed by atoms with van der Waals surface area (Å²) in [5, 5.41) is 6.00. The molecule has 1 aliphatic rings. The first-order valence-corrected chi connectivity index (χ1v) is 6.59. The van der Waals surface area contributed by atoms with Crippen molar-refractivity contribution in [1.82, 2.24) is 5.32 Å². The van der Waals surface area contributed by atoms with Gasteiger partial charge in [-0.25, -0.2) is 0 Å². The maximum Gasteiger partial charge on any atom is 0.254 e. The smallest absolute Gasteiger partial charge is 0.254 e. The molecule has 1 aliphatic heterocycles. The van der Waals surface area contributed by atoms with E-state index in [1.165, 1.54) is 0 Å². The number of carbonyl (C=O) groups is 1. The zero-order valence-corrected chi connectivity index (χ0v) is 12.4. The van der Waals surface area contributed by atoms with Crippen molar-refractivity contribution < 1.29 is 14.3 Å². The predicted molar refractivity (Wildman–Crippen MR) is 80.3 cm³/mol. The quantitative estimate of drug-likeness (QED) is 0.867. The largest absolute Gasteiger partial charge is 0.377 e. The molecular formula is C14H21ClN2O3. The third-order valence-electron chi connectivity index (χ3n) is 2.89. The van der Waals surface area contributed by atoms with Gasteiger partial charge in [0.2, 0.25) is 0 Å². The van der Waals surface area contributed by atoms with Crippen LogP contribution >= 0.6 is 12.4 Å². The van der Waals surface area contributed by atoms with Crippen molar-refractivity contribution in [2.75, 3.05) is 31.6 Å². The Bertz CT molecular complexity index is 423. The number of hydrogen-bond donors (Lipinski definition) is 2. The predicted octanol–water partition coefficient (Wildman–Crippen LogP) is 1.57. The summed E-state index contributed by atoms with van der Waals surface area (Å²) in [5.74, 6) is -0.110. The highest BCUT2D eigenvalue weighted by Gasteiger charge is 2.21. The van der Waals surface area contributed by atoms with Gasteiger partial charge in [0.1, 0.15) is 6.10 Å². The molecule has 1 saturated heterocycles. The van der Waals surface area contributed by atoms with E-state index in [1.807, 2.05) is 31.2 Å². The number of carbonyl (C=O) groups excluding carboxylic acids is 1. The molecule has 112 valence electrons. The third kappa shape index (κ3) is 5.09. The molecule has 1 atom stereocenters. The van der Waals surface area contributed by atoms with Gasteiger partial charge < -0.3 is 20.1 Å². The fourth-order valence-electron chi connectivity index (χ4n) is 1.92. The molecule has 1 fully saturated rings. The van der Waals surface area contributed by atoms with E-state index >= 15 is 0 Å². The lowest BCUT2D eigenvalue weighted by molar-refractivity contribution is -0.128. The van der Waals surface area contributed by atoms with Crippen LogP contribution in [-0.2, 0) is 20.9 Å². The number of ether oxygens (including phenoxy) is 2. The van der Waals surface area contributed by atoms with Crippen LogP contribution in [0.25, 0.3) is 0 Å². The summed E-state index contributed by atoms with van der Waals surface area (Å²) >= 11 is 0. The molecule has 0 spiro atoms. The van der Waals surface area contributed by atoms with Crippen molar-refractivity contribution in [1.29, 1.82) is 0 Å². The van der Waals surface area contributed by atoms with E-state index in [0.717, 1.165) is 17.8 Å². The molecule has 0 saturated carbocycles. The van der Waals surface area contributed by atoms with Crippen molar-refractivity contribution in [3.8, 4) is 0 Å². The van der Waals surface area contributed by atoms with Gasteiger partial charge in [0.25, 0.3) is 5.91 Å². The van der Waals surface area contributed by atoms with E-state index in [2.05, 4.69) is 10.6 Å². The highest BCUT2D eigenvalue weighted by Crippen LogP contribution is 2.12. The summed E-state index contributed by atoms with van der Waals surface area (Å²) in [6, 6.07) is 7.67. The third-order valence-corrected chi connectivity index (χ3v) is 2.89. The number of anilines is 1. The minimum absolute atomic E-state index is 0. The molecule has 1 amide bonds. The molecule has 5 nitrogen and oxygen atoms in total. The van der Waals surface area contributed by atoms with Crippen molar-refractivity contribution in [2.24, 2.45) is 0 Å². The molecule has 2 rings (SSSR count). The van der Waals surface area contributed by atoms with E-state index < -0.39 is 6.10 Å². The summed E-state index contributed by atoms with van der Waals surface area (Å²) in [7, 11) is 0. The van der Waals surface area contributed by atoms with E-state index in [1.54, 1.807) is 0 Å². The zero-order chi connectivity index (χ0) is 13.5. The van der Waals surface area contributed by atoms with Gasteiger partial charge in [0.15, 0.2) is 0 Å². The lowest BCUT2D eigenvalue weighted by Crippen LogP contribution is -2.45. The average Bonchev–Trinajstić information content (AvgIpc) is 2.46. The molecule has 1 heterocycles. The zero-order valence-electron chi connectivity index (χ0n) is 11.6. The summed E-state index contributed by atoms with van der Waals surface area (Å²) in [4.78, 5) is 12.0. The fourth-order valence-corrected chi connectivity index (χ4v) is 1.92. The van der Waals surface area contributed by atoms with Crippen molar-refractivity contribution in [3.05, 3.63) is 29.8 Å². The topological polar surface area (TPSA) is 59.6 Å². The Labute approximate surface area is 125 Å². The summed E-state index contributed by atoms with van der Waals surface area (Å²) in [6.45, 7) is 5.12. The number of nitrogens with one attached hydrogen (secondary N) is 2. The Morgan fingerprint density at radius 2 is 2.40 bits per heavy atom. The van der Waals surface area contributed by atoms with Crippen molar-refractivity contribution in [2.45, 2.75) is 19.6 Å². The molecule has 0 aromatic heterocycles. The van der Waals surface area contributed by atoms with Gasteiger partial charge >= 0.3 is 0 Å². The van der Waals surface area contributed by atoms with Gasteiger partial charge in [-0.1, -0.05) is 12.1 Å². The number of halogens is 1. The SMILES string of the molecule is CCOCc1cccc(NC(=O)C2CNCCO2)c1.Cl. The number of morpholine rings is 1. The fraction of sp³-hybridized carbons (Fsp3) is 0.500. The lowest BCUT2D eigenvalue weighted by Gasteiger charge is -2.22. The Hall–Kier alpha value is -1.14. The molecule has 2 N–H and O–H groups in total. The average molecular weight is 301 g/mol. The second-order valence-corrected chi connectivity index (χ2v) is 4.39. The van der Waals surface area contributed by atoms with Crippen LogP contribution in [0, 0.1) is 0 Å². The minimum Gasteiger partial charge on any atom is -0.377 e. The van der Waals surface area contributed by atoms with Crippen molar-refractivity contribution >= 4 is 24.0 Å². The second kappa shape index (κ2) is 8.92. The first kappa shape index (κ1) is 16.9. The highest BCUT2D eigenvalue weighted by atomic mass is 35.5.